The average Bonchev–Trinajstić information content (AvgIpc) is 2.38. The fourth-order valence-electron chi connectivity index (χ4n) is 1.16. The fraction of sp³-hybridized carbons (Fsp3) is 0.600. The summed E-state index contributed by atoms with van der Waals surface area (Å²) >= 11 is 3.87. The van der Waals surface area contributed by atoms with Gasteiger partial charge in [0.05, 0.1) is 0 Å². The molecule has 6 N–H and O–H groups in total. The predicted molar refractivity (Wildman–Crippen MR) is 71.3 cm³/mol. The number of carboxylic acids is 2. The van der Waals surface area contributed by atoms with Crippen molar-refractivity contribution in [3.05, 3.63) is 0 Å². The number of carbonyl (C=O) groups is 4. The van der Waals surface area contributed by atoms with E-state index in [0.29, 0.717) is 0 Å². The Hall–Kier alpha value is -0.875. The zero-order valence-electron chi connectivity index (χ0n) is 11.2. The summed E-state index contributed by atoms with van der Waals surface area (Å²) in [5, 5.41) is 21.4. The fourth-order valence-corrected chi connectivity index (χ4v) is 1.41. The van der Waals surface area contributed by atoms with Crippen LogP contribution in [0.5, 0.6) is 0 Å². The van der Waals surface area contributed by atoms with Crippen LogP contribution in [0.4, 0.5) is 0 Å². The molecule has 0 bridgehead atoms. The first-order chi connectivity index (χ1) is 9.27. The molecule has 0 aromatic rings. The smallest absolute Gasteiger partial charge is 0.322 e. The molecular weight excluding hydrogens is 491 g/mol. The van der Waals surface area contributed by atoms with Crippen LogP contribution in [0.15, 0.2) is 0 Å². The standard InChI is InChI=1S/C10H17N3O6S.Hg/c11-5(10(18)19)1-2-7(14)13-6(4-20)9(17)12-3-8(15)16;/h5-6,20H,1-4,11H2,(H,12,17)(H,13,14)(H,15,16)(H,18,19);/t5-,6-;/m0./s1. The van der Waals surface area contributed by atoms with Gasteiger partial charge in [-0.2, -0.15) is 12.6 Å². The Labute approximate surface area is 146 Å². The maximum absolute atomic E-state index is 11.5. The van der Waals surface area contributed by atoms with Gasteiger partial charge in [0.25, 0.3) is 0 Å². The molecule has 0 spiro atoms. The summed E-state index contributed by atoms with van der Waals surface area (Å²) in [6, 6.07) is -2.15. The summed E-state index contributed by atoms with van der Waals surface area (Å²) in [6.07, 6.45) is -0.235. The molecule has 0 saturated heterocycles. The van der Waals surface area contributed by atoms with Gasteiger partial charge in [0.2, 0.25) is 11.8 Å². The van der Waals surface area contributed by atoms with Crippen LogP contribution < -0.4 is 16.4 Å². The number of thiol groups is 1. The molecule has 0 aliphatic heterocycles. The summed E-state index contributed by atoms with van der Waals surface area (Å²) in [7, 11) is 0. The van der Waals surface area contributed by atoms with Gasteiger partial charge >= 0.3 is 11.9 Å². The largest absolute Gasteiger partial charge is 0.480 e. The van der Waals surface area contributed by atoms with Crippen LogP contribution in [0, 0.1) is 0 Å². The summed E-state index contributed by atoms with van der Waals surface area (Å²) in [5.41, 5.74) is 5.23. The molecule has 11 heteroatoms. The van der Waals surface area contributed by atoms with Crippen LogP contribution in [-0.4, -0.2) is 58.3 Å². The van der Waals surface area contributed by atoms with E-state index >= 15 is 0 Å². The van der Waals surface area contributed by atoms with Gasteiger partial charge in [-0.25, -0.2) is 0 Å². The van der Waals surface area contributed by atoms with Crippen LogP contribution in [-0.2, 0) is 46.8 Å². The van der Waals surface area contributed by atoms with Crippen LogP contribution in [0.1, 0.15) is 12.8 Å². The second kappa shape index (κ2) is 11.7. The number of nitrogens with one attached hydrogen (secondary N) is 2. The number of rotatable bonds is 9. The van der Waals surface area contributed by atoms with Gasteiger partial charge in [-0.15, -0.1) is 0 Å². The topological polar surface area (TPSA) is 159 Å². The van der Waals surface area contributed by atoms with Gasteiger partial charge in [0, 0.05) is 39.8 Å². The van der Waals surface area contributed by atoms with Gasteiger partial charge < -0.3 is 26.6 Å². The monoisotopic (exact) mass is 509 g/mol. The third-order valence-electron chi connectivity index (χ3n) is 2.25. The molecule has 2 amide bonds. The number of amides is 2. The number of carbonyl (C=O) groups excluding carboxylic acids is 2. The molecular formula is C10H17HgN3O6S. The van der Waals surface area contributed by atoms with Crippen molar-refractivity contribution < 1.29 is 57.1 Å². The van der Waals surface area contributed by atoms with E-state index in [4.69, 9.17) is 15.9 Å². The number of aliphatic carboxylic acids is 2. The second-order valence-corrected chi connectivity index (χ2v) is 4.26. The van der Waals surface area contributed by atoms with E-state index in [0.717, 1.165) is 0 Å². The van der Waals surface area contributed by atoms with Crippen molar-refractivity contribution >= 4 is 36.4 Å². The van der Waals surface area contributed by atoms with Crippen molar-refractivity contribution in [3.8, 4) is 0 Å². The maximum Gasteiger partial charge on any atom is 0.322 e. The number of nitrogens with two attached hydrogens (primary N) is 1. The van der Waals surface area contributed by atoms with E-state index < -0.39 is 42.4 Å². The van der Waals surface area contributed by atoms with Crippen LogP contribution in [0.2, 0.25) is 0 Å². The van der Waals surface area contributed by atoms with Gasteiger partial charge in [-0.1, -0.05) is 0 Å². The maximum atomic E-state index is 11.5. The minimum atomic E-state index is -1.22. The molecule has 0 fully saturated rings. The van der Waals surface area contributed by atoms with Crippen LogP contribution >= 0.6 is 12.6 Å². The van der Waals surface area contributed by atoms with Crippen molar-refractivity contribution in [1.82, 2.24) is 10.6 Å². The molecule has 0 radical (unpaired) electrons. The minimum absolute atomic E-state index is 0. The first kappa shape index (κ1) is 22.4. The SMILES string of the molecule is N[C@@H](CCC(=O)N[C@@H](CS)C(=O)NCC(=O)O)C(=O)O.[Hg]. The zero-order valence-corrected chi connectivity index (χ0v) is 17.6. The van der Waals surface area contributed by atoms with Crippen LogP contribution in [0.25, 0.3) is 0 Å². The Balaban J connectivity index is 0. The molecule has 0 unspecified atom stereocenters. The average molecular weight is 508 g/mol. The molecule has 0 aliphatic rings. The van der Waals surface area contributed by atoms with Gasteiger partial charge in [0.1, 0.15) is 18.6 Å². The number of hydrogen-bond donors (Lipinski definition) is 6. The molecule has 116 valence electrons. The summed E-state index contributed by atoms with van der Waals surface area (Å²) < 4.78 is 0. The Morgan fingerprint density at radius 2 is 1.76 bits per heavy atom. The zero-order chi connectivity index (χ0) is 15.7. The summed E-state index contributed by atoms with van der Waals surface area (Å²) in [6.45, 7) is -0.567. The summed E-state index contributed by atoms with van der Waals surface area (Å²) in [5.74, 6) is -3.70. The molecule has 0 saturated carbocycles. The van der Waals surface area contributed by atoms with Gasteiger partial charge in [-0.05, 0) is 6.42 Å². The molecule has 0 rings (SSSR count). The Kier molecular flexibility index (Phi) is 12.5. The number of carboxylic acid groups (broad SMARTS) is 2. The normalized spacial score (nSPS) is 12.5. The second-order valence-electron chi connectivity index (χ2n) is 3.90. The van der Waals surface area contributed by atoms with E-state index in [-0.39, 0.29) is 46.3 Å². The van der Waals surface area contributed by atoms with E-state index in [1.165, 1.54) is 0 Å². The predicted octanol–water partition coefficient (Wildman–Crippen LogP) is -2.21. The molecule has 0 aromatic carbocycles. The summed E-state index contributed by atoms with van der Waals surface area (Å²) in [4.78, 5) is 43.7. The Morgan fingerprint density at radius 1 is 1.19 bits per heavy atom. The van der Waals surface area contributed by atoms with Crippen molar-refractivity contribution in [2.45, 2.75) is 24.9 Å². The first-order valence-corrected chi connectivity index (χ1v) is 6.29. The molecule has 2 atom stereocenters. The molecule has 0 heterocycles. The Morgan fingerprint density at radius 3 is 2.19 bits per heavy atom. The van der Waals surface area contributed by atoms with E-state index in [1.54, 1.807) is 0 Å². The van der Waals surface area contributed by atoms with Gasteiger partial charge in [-0.3, -0.25) is 19.2 Å². The van der Waals surface area contributed by atoms with Crippen molar-refractivity contribution in [1.29, 1.82) is 0 Å². The molecule has 21 heavy (non-hydrogen) atoms. The molecule has 0 aliphatic carbocycles. The van der Waals surface area contributed by atoms with Crippen molar-refractivity contribution in [3.63, 3.8) is 0 Å². The Bertz CT molecular complexity index is 395. The molecule has 0 aromatic heterocycles. The van der Waals surface area contributed by atoms with Gasteiger partial charge in [0.15, 0.2) is 0 Å². The van der Waals surface area contributed by atoms with Crippen LogP contribution in [0.3, 0.4) is 0 Å². The number of hydrogen-bond acceptors (Lipinski definition) is 6. The van der Waals surface area contributed by atoms with Crippen molar-refractivity contribution in [2.24, 2.45) is 5.73 Å². The third kappa shape index (κ3) is 10.5. The van der Waals surface area contributed by atoms with E-state index in [1.807, 2.05) is 0 Å². The van der Waals surface area contributed by atoms with E-state index in [2.05, 4.69) is 23.3 Å². The molecule has 9 nitrogen and oxygen atoms in total. The minimum Gasteiger partial charge on any atom is -0.480 e. The quantitative estimate of drug-likeness (QED) is 0.152. The van der Waals surface area contributed by atoms with Crippen molar-refractivity contribution in [2.75, 3.05) is 12.3 Å². The first-order valence-electron chi connectivity index (χ1n) is 5.66. The third-order valence-corrected chi connectivity index (χ3v) is 2.61. The van der Waals surface area contributed by atoms with E-state index in [9.17, 15) is 19.2 Å².